The maximum Gasteiger partial charge on any atom is 0.271 e. The number of thiocarbonyl (C=S) groups is 1. The van der Waals surface area contributed by atoms with Crippen LogP contribution in [0.3, 0.4) is 0 Å². The number of hydrogen-bond donors (Lipinski definition) is 1. The number of hydrogen-bond acceptors (Lipinski definition) is 5. The fourth-order valence-corrected chi connectivity index (χ4v) is 4.65. The zero-order chi connectivity index (χ0) is 23.7. The molecule has 2 aromatic carbocycles. The highest BCUT2D eigenvalue weighted by atomic mass is 32.1. The molecule has 0 spiro atoms. The Morgan fingerprint density at radius 1 is 1.03 bits per heavy atom. The number of pyridine rings is 1. The van der Waals surface area contributed by atoms with E-state index in [1.807, 2.05) is 71.4 Å². The Labute approximate surface area is 201 Å². The van der Waals surface area contributed by atoms with Gasteiger partial charge in [-0.2, -0.15) is 0 Å². The molecule has 1 aliphatic rings. The highest BCUT2D eigenvalue weighted by molar-refractivity contribution is 7.80. The lowest BCUT2D eigenvalue weighted by atomic mass is 10.0. The minimum Gasteiger partial charge on any atom is -0.497 e. The number of methoxy groups -OCH3 is 1. The van der Waals surface area contributed by atoms with E-state index in [1.54, 1.807) is 25.4 Å². The second-order valence-corrected chi connectivity index (χ2v) is 8.16. The fraction of sp³-hybridized carbons (Fsp3) is 0.120. The van der Waals surface area contributed by atoms with E-state index in [4.69, 9.17) is 17.0 Å². The molecular weight excluding hydrogens is 450 g/mol. The minimum atomic E-state index is -0.390. The van der Waals surface area contributed by atoms with Crippen molar-refractivity contribution >= 4 is 28.7 Å². The molecule has 2 atom stereocenters. The van der Waals surface area contributed by atoms with Crippen molar-refractivity contribution in [1.29, 1.82) is 0 Å². The van der Waals surface area contributed by atoms with Crippen molar-refractivity contribution in [2.75, 3.05) is 12.0 Å². The van der Waals surface area contributed by atoms with Crippen LogP contribution in [-0.4, -0.2) is 26.7 Å². The van der Waals surface area contributed by atoms with Crippen molar-refractivity contribution < 1.29 is 9.66 Å². The van der Waals surface area contributed by atoms with Gasteiger partial charge in [0.25, 0.3) is 5.69 Å². The van der Waals surface area contributed by atoms with Crippen molar-refractivity contribution in [3.05, 3.63) is 113 Å². The first kappa shape index (κ1) is 21.6. The molecule has 1 saturated heterocycles. The number of non-ortho nitro benzene ring substituents is 1. The van der Waals surface area contributed by atoms with Gasteiger partial charge in [0.05, 0.1) is 29.5 Å². The lowest BCUT2D eigenvalue weighted by Gasteiger charge is -2.29. The summed E-state index contributed by atoms with van der Waals surface area (Å²) in [5, 5.41) is 15.4. The normalized spacial score (nSPS) is 17.4. The topological polar surface area (TPSA) is 85.5 Å². The molecule has 4 aromatic rings. The zero-order valence-electron chi connectivity index (χ0n) is 18.2. The third kappa shape index (κ3) is 3.86. The summed E-state index contributed by atoms with van der Waals surface area (Å²) in [6, 6.07) is 23.5. The van der Waals surface area contributed by atoms with Crippen LogP contribution in [0.5, 0.6) is 5.75 Å². The van der Waals surface area contributed by atoms with E-state index in [-0.39, 0.29) is 22.7 Å². The number of benzene rings is 2. The Bertz CT molecular complexity index is 1340. The van der Waals surface area contributed by atoms with Gasteiger partial charge in [-0.1, -0.05) is 12.1 Å². The van der Waals surface area contributed by atoms with Gasteiger partial charge >= 0.3 is 0 Å². The first-order valence-electron chi connectivity index (χ1n) is 10.6. The second kappa shape index (κ2) is 8.95. The summed E-state index contributed by atoms with van der Waals surface area (Å²) < 4.78 is 7.28. The average Bonchev–Trinajstić information content (AvgIpc) is 3.49. The summed E-state index contributed by atoms with van der Waals surface area (Å²) in [6.45, 7) is 0. The van der Waals surface area contributed by atoms with Crippen LogP contribution in [0.2, 0.25) is 0 Å². The Balaban J connectivity index is 1.65. The van der Waals surface area contributed by atoms with Crippen LogP contribution in [0.4, 0.5) is 11.4 Å². The van der Waals surface area contributed by atoms with Crippen LogP contribution < -0.4 is 15.0 Å². The summed E-state index contributed by atoms with van der Waals surface area (Å²) in [4.78, 5) is 17.6. The number of rotatable bonds is 6. The molecule has 0 amide bonds. The molecule has 0 radical (unpaired) electrons. The van der Waals surface area contributed by atoms with E-state index in [0.29, 0.717) is 10.8 Å². The molecule has 3 heterocycles. The number of nitro benzene ring substituents is 1. The molecule has 170 valence electrons. The van der Waals surface area contributed by atoms with E-state index in [0.717, 1.165) is 22.8 Å². The smallest absolute Gasteiger partial charge is 0.271 e. The molecule has 0 bridgehead atoms. The van der Waals surface area contributed by atoms with Crippen LogP contribution in [0, 0.1) is 10.1 Å². The van der Waals surface area contributed by atoms with Crippen molar-refractivity contribution in [3.8, 4) is 11.4 Å². The predicted molar refractivity (Wildman–Crippen MR) is 133 cm³/mol. The minimum absolute atomic E-state index is 0.0329. The average molecular weight is 472 g/mol. The lowest BCUT2D eigenvalue weighted by molar-refractivity contribution is -0.384. The Morgan fingerprint density at radius 2 is 1.85 bits per heavy atom. The van der Waals surface area contributed by atoms with Gasteiger partial charge in [0.2, 0.25) is 0 Å². The van der Waals surface area contributed by atoms with E-state index in [2.05, 4.69) is 15.2 Å². The molecule has 2 aromatic heterocycles. The highest BCUT2D eigenvalue weighted by Gasteiger charge is 2.42. The number of ether oxygens (including phenoxy) is 1. The van der Waals surface area contributed by atoms with Gasteiger partial charge in [0.15, 0.2) is 5.11 Å². The second-order valence-electron chi connectivity index (χ2n) is 7.77. The summed E-state index contributed by atoms with van der Waals surface area (Å²) in [5.74, 6) is 0.750. The number of nitro groups is 1. The monoisotopic (exact) mass is 471 g/mol. The molecule has 1 N–H and O–H groups in total. The van der Waals surface area contributed by atoms with Crippen LogP contribution in [0.15, 0.2) is 91.3 Å². The first-order valence-corrected chi connectivity index (χ1v) is 11.0. The Kier molecular flexibility index (Phi) is 5.69. The fourth-order valence-electron chi connectivity index (χ4n) is 4.30. The Hall–Kier alpha value is -4.24. The number of nitrogens with one attached hydrogen (secondary N) is 1. The predicted octanol–water partition coefficient (Wildman–Crippen LogP) is 4.97. The van der Waals surface area contributed by atoms with Gasteiger partial charge in [-0.3, -0.25) is 15.1 Å². The first-order chi connectivity index (χ1) is 16.6. The van der Waals surface area contributed by atoms with E-state index < -0.39 is 0 Å². The molecule has 1 aliphatic heterocycles. The van der Waals surface area contributed by atoms with Gasteiger partial charge in [0, 0.05) is 35.9 Å². The van der Waals surface area contributed by atoms with E-state index in [9.17, 15) is 10.1 Å². The van der Waals surface area contributed by atoms with Crippen molar-refractivity contribution in [3.63, 3.8) is 0 Å². The van der Waals surface area contributed by atoms with Crippen LogP contribution in [-0.2, 0) is 0 Å². The summed E-state index contributed by atoms with van der Waals surface area (Å²) in [5.41, 5.74) is 3.39. The summed E-state index contributed by atoms with van der Waals surface area (Å²) in [6.07, 6.45) is 3.66. The molecule has 5 rings (SSSR count). The molecule has 0 unspecified atom stereocenters. The highest BCUT2D eigenvalue weighted by Crippen LogP contribution is 2.42. The molecule has 34 heavy (non-hydrogen) atoms. The molecule has 1 fully saturated rings. The molecule has 8 nitrogen and oxygen atoms in total. The van der Waals surface area contributed by atoms with Crippen molar-refractivity contribution in [2.45, 2.75) is 12.1 Å². The maximum absolute atomic E-state index is 11.4. The van der Waals surface area contributed by atoms with E-state index >= 15 is 0 Å². The zero-order valence-corrected chi connectivity index (χ0v) is 19.1. The summed E-state index contributed by atoms with van der Waals surface area (Å²) in [7, 11) is 1.63. The molecule has 9 heteroatoms. The maximum atomic E-state index is 11.4. The Morgan fingerprint density at radius 3 is 2.56 bits per heavy atom. The molecule has 0 saturated carbocycles. The molecule has 0 aliphatic carbocycles. The largest absolute Gasteiger partial charge is 0.497 e. The number of nitrogens with zero attached hydrogens (tertiary/aromatic N) is 4. The number of aromatic nitrogens is 2. The SMILES string of the molecule is COc1ccc(N2C(=S)N[C@H](c3ccccn3)[C@H]2c2cccn2-c2cccc([N+](=O)[O-])c2)cc1. The third-order valence-electron chi connectivity index (χ3n) is 5.85. The van der Waals surface area contributed by atoms with Gasteiger partial charge < -0.3 is 19.5 Å². The van der Waals surface area contributed by atoms with Crippen LogP contribution in [0.1, 0.15) is 23.5 Å². The third-order valence-corrected chi connectivity index (χ3v) is 6.17. The van der Waals surface area contributed by atoms with E-state index in [1.165, 1.54) is 6.07 Å². The van der Waals surface area contributed by atoms with Crippen molar-refractivity contribution in [1.82, 2.24) is 14.9 Å². The van der Waals surface area contributed by atoms with Gasteiger partial charge in [-0.15, -0.1) is 0 Å². The van der Waals surface area contributed by atoms with Crippen LogP contribution in [0.25, 0.3) is 5.69 Å². The van der Waals surface area contributed by atoms with Crippen LogP contribution >= 0.6 is 12.2 Å². The van der Waals surface area contributed by atoms with Gasteiger partial charge in [0.1, 0.15) is 11.8 Å². The quantitative estimate of drug-likeness (QED) is 0.241. The summed E-state index contributed by atoms with van der Waals surface area (Å²) >= 11 is 5.78. The molecular formula is C25H21N5O3S. The number of anilines is 1. The lowest BCUT2D eigenvalue weighted by Crippen LogP contribution is -2.30. The van der Waals surface area contributed by atoms with Crippen molar-refractivity contribution in [2.24, 2.45) is 0 Å². The van der Waals surface area contributed by atoms with Gasteiger partial charge in [-0.25, -0.2) is 0 Å². The standard InChI is InChI=1S/C25H21N5O3S/c1-33-20-12-10-17(11-13-20)29-24(23(27-25(29)34)21-8-2-3-14-26-21)22-9-5-15-28(22)18-6-4-7-19(16-18)30(31)32/h2-16,23-24H,1H3,(H,27,34)/t23-,24-/m1/s1. The van der Waals surface area contributed by atoms with Gasteiger partial charge in [-0.05, 0) is 66.8 Å².